The predicted octanol–water partition coefficient (Wildman–Crippen LogP) is 20.8. The van der Waals surface area contributed by atoms with Gasteiger partial charge in [-0.1, -0.05) is 304 Å². The first kappa shape index (κ1) is 44.4. The van der Waals surface area contributed by atoms with Crippen molar-refractivity contribution < 1.29 is 26.7 Å². The van der Waals surface area contributed by atoms with Crippen LogP contribution in [-0.4, -0.2) is 13.4 Å². The summed E-state index contributed by atoms with van der Waals surface area (Å²) in [6.07, 6.45) is 0. The van der Waals surface area contributed by atoms with E-state index in [0.29, 0.717) is 44.9 Å². The lowest BCUT2D eigenvalue weighted by atomic mass is 9.30. The largest absolute Gasteiger partial charge is 0.459 e. The number of ether oxygens (including phenoxy) is 1. The Bertz CT molecular complexity index is 6090. The van der Waals surface area contributed by atoms with Gasteiger partial charge in [0.2, 0.25) is 0 Å². The van der Waals surface area contributed by atoms with Gasteiger partial charge >= 0.3 is 0 Å². The lowest BCUT2D eigenvalue weighted by Crippen LogP contribution is -2.65. The molecule has 13 aromatic rings. The summed E-state index contributed by atoms with van der Waals surface area (Å²) in [7, 11) is 0. The number of hydrogen-bond donors (Lipinski definition) is 0. The molecule has 0 N–H and O–H groups in total. The highest BCUT2D eigenvalue weighted by Crippen LogP contribution is 2.57. The second kappa shape index (κ2) is 22.7. The highest BCUT2D eigenvalue weighted by molar-refractivity contribution is 8.00. The van der Waals surface area contributed by atoms with Crippen molar-refractivity contribution in [2.24, 2.45) is 0 Å². The molecule has 0 aromatic heterocycles. The van der Waals surface area contributed by atoms with Crippen LogP contribution in [0.1, 0.15) is 101 Å². The summed E-state index contributed by atoms with van der Waals surface area (Å²) in [5, 5.41) is 0. The van der Waals surface area contributed by atoms with Gasteiger partial charge in [0.25, 0.3) is 13.4 Å². The Balaban J connectivity index is 1.17. The fourth-order valence-electron chi connectivity index (χ4n) is 14.4. The van der Waals surface area contributed by atoms with E-state index in [0.717, 1.165) is 61.8 Å². The number of nitrogens with zero attached hydrogens (tertiary/aromatic N) is 2. The predicted molar refractivity (Wildman–Crippen MR) is 411 cm³/mol. The third-order valence-corrected chi connectivity index (χ3v) is 20.3. The molecule has 6 heteroatoms. The molecule has 0 aliphatic carbocycles. The summed E-state index contributed by atoms with van der Waals surface area (Å²) in [5.41, 5.74) is 10.0. The molecule has 4 heterocycles. The van der Waals surface area contributed by atoms with Crippen LogP contribution in [0.4, 0.5) is 34.1 Å². The molecule has 4 aliphatic heterocycles. The van der Waals surface area contributed by atoms with Crippen LogP contribution >= 0.6 is 11.8 Å². The fraction of sp³-hybridized carbons (Fsp3) is 0.133. The van der Waals surface area contributed by atoms with E-state index in [1.165, 1.54) is 0 Å². The Morgan fingerprint density at radius 2 is 0.740 bits per heavy atom. The number of fused-ring (bicyclic) bond motifs is 9. The zero-order chi connectivity index (χ0) is 79.3. The molecule has 0 radical (unpaired) electrons. The molecule has 0 saturated carbocycles. The van der Waals surface area contributed by atoms with E-state index < -0.39 is 114 Å². The Hall–Kier alpha value is -10.3. The van der Waals surface area contributed by atoms with Gasteiger partial charge in [0, 0.05) is 54.8 Å². The van der Waals surface area contributed by atoms with E-state index in [4.69, 9.17) is 4.74 Å². The second-order valence-corrected chi connectivity index (χ2v) is 29.3. The topological polar surface area (TPSA) is 15.7 Å². The molecule has 0 unspecified atom stereocenters. The second-order valence-electron chi connectivity index (χ2n) is 28.3. The van der Waals surface area contributed by atoms with Crippen molar-refractivity contribution in [2.45, 2.75) is 88.3 Å². The maximum Gasteiger partial charge on any atom is 0.256 e. The third-order valence-electron chi connectivity index (χ3n) is 19.2. The van der Waals surface area contributed by atoms with Gasteiger partial charge in [0.15, 0.2) is 0 Å². The molecular formula is C90H74B2N2OS. The summed E-state index contributed by atoms with van der Waals surface area (Å²) in [6.45, 7) is 16.4. The SMILES string of the molecule is [2H]c1c([2H])c([2H])c2c(c1[2H])Oc1c3c(c([2H])c4c1B1c5c(cc(C(C)(C)C)cc5N4c4c(-c5ccccc5)cc(C(C)(C)C)cc4-c4ccccc4)N(c4c(-c5ccccc5)cc(C(C)(C)C)cc4-c4ccccc4)c4c([2H])c(-c5c([2H])c([2H])c([2H])c([2H])c5-c5ccccc5)c([2H])c([2H])c41)Sc1c([2H])c([2H])c([2H])c([2H])c1B23. The summed E-state index contributed by atoms with van der Waals surface area (Å²) < 4.78 is 169. The van der Waals surface area contributed by atoms with Crippen LogP contribution in [0.5, 0.6) is 11.5 Å². The van der Waals surface area contributed by atoms with E-state index in [9.17, 15) is 21.9 Å². The standard InChI is InChI=1S/C90H74B2N2OS/c1-88(2,3)63-50-68(58-33-17-11-18-34-58)85(69(51-63)59-35-19-12-20-36-59)93-75-49-62(67-42-26-25-41-66(67)57-31-15-10-16-32-57)47-48-72(75)92-82-76(93)54-65(90(7,8)9)55-77(82)94(86-70(60-37-21-13-22-38-60)52-64(89(4,5)6)53-71(86)61-39-23-14-24-40-61)78-56-81-84-87(83(78)92)95-79-45-29-27-43-73(79)91(84)74-44-28-30-46-80(74)96-81/h10-56H,1-9H3/i25D,26D,27D,28D,29D,30D,41D,42D,43D,44D,45D,46D,47D,48D,49D,56D. The van der Waals surface area contributed by atoms with Crippen molar-refractivity contribution in [1.82, 2.24) is 0 Å². The van der Waals surface area contributed by atoms with Crippen LogP contribution in [-0.2, 0) is 16.2 Å². The van der Waals surface area contributed by atoms with Crippen LogP contribution in [0, 0.1) is 0 Å². The highest BCUT2D eigenvalue weighted by Gasteiger charge is 2.51. The van der Waals surface area contributed by atoms with E-state index in [1.54, 1.807) is 30.3 Å². The van der Waals surface area contributed by atoms with Crippen LogP contribution in [0.25, 0.3) is 66.8 Å². The van der Waals surface area contributed by atoms with E-state index >= 15 is 0 Å². The zero-order valence-corrected chi connectivity index (χ0v) is 55.6. The summed E-state index contributed by atoms with van der Waals surface area (Å²) in [6, 6.07) is 53.5. The van der Waals surface area contributed by atoms with Crippen molar-refractivity contribution >= 4 is 92.1 Å². The maximum absolute atomic E-state index is 11.7. The molecule has 0 amide bonds. The summed E-state index contributed by atoms with van der Waals surface area (Å²) in [4.78, 5) is 4.35. The van der Waals surface area contributed by atoms with Gasteiger partial charge in [-0.3, -0.25) is 0 Å². The van der Waals surface area contributed by atoms with Crippen molar-refractivity contribution in [1.29, 1.82) is 0 Å². The molecule has 0 saturated heterocycles. The number of para-hydroxylation sites is 1. The first-order valence-electron chi connectivity index (χ1n) is 40.7. The van der Waals surface area contributed by atoms with Gasteiger partial charge in [-0.2, -0.15) is 0 Å². The molecule has 17 rings (SSSR count). The van der Waals surface area contributed by atoms with Crippen LogP contribution in [0.2, 0.25) is 0 Å². The number of hydrogen-bond acceptors (Lipinski definition) is 4. The van der Waals surface area contributed by atoms with Crippen LogP contribution < -0.4 is 47.3 Å². The van der Waals surface area contributed by atoms with Crippen molar-refractivity contribution in [3.05, 3.63) is 301 Å². The van der Waals surface area contributed by atoms with Gasteiger partial charge in [-0.25, -0.2) is 0 Å². The summed E-state index contributed by atoms with van der Waals surface area (Å²) in [5.74, 6) is -0.375. The normalized spacial score (nSPS) is 15.8. The van der Waals surface area contributed by atoms with E-state index in [1.807, 2.05) is 126 Å². The minimum absolute atomic E-state index is 0.00269. The first-order chi connectivity index (χ1) is 53.2. The van der Waals surface area contributed by atoms with Crippen molar-refractivity contribution in [3.8, 4) is 78.3 Å². The average molecular weight is 1270 g/mol. The van der Waals surface area contributed by atoms with Crippen LogP contribution in [0.15, 0.2) is 295 Å². The van der Waals surface area contributed by atoms with Gasteiger partial charge in [-0.15, -0.1) is 0 Å². The van der Waals surface area contributed by atoms with Gasteiger partial charge in [0.05, 0.1) is 33.3 Å². The Morgan fingerprint density at radius 3 is 1.22 bits per heavy atom. The Labute approximate surface area is 593 Å². The molecule has 0 spiro atoms. The van der Waals surface area contributed by atoms with E-state index in [2.05, 4.69) is 104 Å². The zero-order valence-electron chi connectivity index (χ0n) is 70.8. The van der Waals surface area contributed by atoms with Crippen LogP contribution in [0.3, 0.4) is 0 Å². The molecular weight excluding hydrogens is 1180 g/mol. The molecule has 0 atom stereocenters. The van der Waals surface area contributed by atoms with Gasteiger partial charge < -0.3 is 14.5 Å². The number of anilines is 6. The third kappa shape index (κ3) is 9.81. The molecule has 4 aliphatic rings. The molecule has 96 heavy (non-hydrogen) atoms. The smallest absolute Gasteiger partial charge is 0.256 e. The number of benzene rings is 13. The molecule has 462 valence electrons. The maximum atomic E-state index is 11.7. The molecule has 0 bridgehead atoms. The Morgan fingerprint density at radius 1 is 0.333 bits per heavy atom. The monoisotopic (exact) mass is 1270 g/mol. The molecule has 3 nitrogen and oxygen atoms in total. The quantitative estimate of drug-likeness (QED) is 0.141. The minimum atomic E-state index is -1.46. The molecule has 13 aromatic carbocycles. The highest BCUT2D eigenvalue weighted by atomic mass is 32.2. The van der Waals surface area contributed by atoms with Gasteiger partial charge in [0.1, 0.15) is 11.5 Å². The van der Waals surface area contributed by atoms with Gasteiger partial charge in [-0.05, 0) is 165 Å². The first-order valence-corrected chi connectivity index (χ1v) is 33.5. The van der Waals surface area contributed by atoms with Crippen molar-refractivity contribution in [3.63, 3.8) is 0 Å². The minimum Gasteiger partial charge on any atom is -0.459 e. The average Bonchev–Trinajstić information content (AvgIpc) is 0.663. The Kier molecular flexibility index (Phi) is 10.5. The van der Waals surface area contributed by atoms with Crippen molar-refractivity contribution in [2.75, 3.05) is 9.80 Å². The fourth-order valence-corrected chi connectivity index (χ4v) is 15.4. The summed E-state index contributed by atoms with van der Waals surface area (Å²) >= 11 is 0.956. The lowest BCUT2D eigenvalue weighted by molar-refractivity contribution is 0.490. The lowest BCUT2D eigenvalue weighted by Gasteiger charge is -2.48. The van der Waals surface area contributed by atoms with E-state index in [-0.39, 0.29) is 88.8 Å². The number of rotatable bonds is 8. The molecule has 0 fully saturated rings.